The maximum absolute atomic E-state index is 13.6. The van der Waals surface area contributed by atoms with E-state index in [0.29, 0.717) is 5.56 Å². The number of benzene rings is 1. The summed E-state index contributed by atoms with van der Waals surface area (Å²) in [6.07, 6.45) is -4.40. The van der Waals surface area contributed by atoms with E-state index in [1.54, 1.807) is 12.1 Å². The standard InChI is InChI=1S/C17H25F3N2O.ClH/c1-16(2,3)15(22-9-7-21-8-10-22)13-6-5-12(23-4)11-14(13)17(18,19)20;/h5-6,11,15,21H,7-10H2,1-4H3;1H/t15-;/m1./s1. The molecule has 0 aliphatic carbocycles. The zero-order valence-corrected chi connectivity index (χ0v) is 15.4. The number of nitrogens with zero attached hydrogens (tertiary/aromatic N) is 1. The Morgan fingerprint density at radius 1 is 1.12 bits per heavy atom. The van der Waals surface area contributed by atoms with E-state index in [0.717, 1.165) is 32.2 Å². The van der Waals surface area contributed by atoms with Crippen molar-refractivity contribution >= 4 is 12.4 Å². The third-order valence-corrected chi connectivity index (χ3v) is 4.20. The number of ether oxygens (including phenoxy) is 1. The molecular weight excluding hydrogens is 341 g/mol. The summed E-state index contributed by atoms with van der Waals surface area (Å²) in [5, 5.41) is 3.25. The summed E-state index contributed by atoms with van der Waals surface area (Å²) in [4.78, 5) is 2.15. The van der Waals surface area contributed by atoms with Crippen LogP contribution in [0.15, 0.2) is 18.2 Å². The van der Waals surface area contributed by atoms with Crippen LogP contribution in [-0.4, -0.2) is 38.2 Å². The number of rotatable bonds is 3. The van der Waals surface area contributed by atoms with Crippen molar-refractivity contribution in [2.24, 2.45) is 5.41 Å². The molecule has 0 radical (unpaired) electrons. The molecule has 7 heteroatoms. The Kier molecular flexibility index (Phi) is 6.96. The monoisotopic (exact) mass is 366 g/mol. The smallest absolute Gasteiger partial charge is 0.416 e. The molecule has 1 aliphatic rings. The van der Waals surface area contributed by atoms with E-state index < -0.39 is 11.7 Å². The summed E-state index contributed by atoms with van der Waals surface area (Å²) >= 11 is 0. The molecule has 3 nitrogen and oxygen atoms in total. The Bertz CT molecular complexity index is 538. The van der Waals surface area contributed by atoms with Gasteiger partial charge in [0, 0.05) is 32.2 Å². The van der Waals surface area contributed by atoms with Gasteiger partial charge in [-0.25, -0.2) is 0 Å². The molecule has 1 N–H and O–H groups in total. The molecule has 0 aromatic heterocycles. The molecule has 1 aromatic rings. The zero-order valence-electron chi connectivity index (χ0n) is 14.5. The average Bonchev–Trinajstić information content (AvgIpc) is 2.46. The summed E-state index contributed by atoms with van der Waals surface area (Å²) in [7, 11) is 1.38. The van der Waals surface area contributed by atoms with E-state index in [9.17, 15) is 13.2 Å². The van der Waals surface area contributed by atoms with Crippen molar-refractivity contribution in [2.45, 2.75) is 33.0 Å². The van der Waals surface area contributed by atoms with Gasteiger partial charge in [0.15, 0.2) is 0 Å². The minimum Gasteiger partial charge on any atom is -0.497 e. The maximum atomic E-state index is 13.6. The van der Waals surface area contributed by atoms with Gasteiger partial charge in [-0.3, -0.25) is 4.90 Å². The van der Waals surface area contributed by atoms with Gasteiger partial charge in [0.2, 0.25) is 0 Å². The van der Waals surface area contributed by atoms with Crippen LogP contribution < -0.4 is 10.1 Å². The van der Waals surface area contributed by atoms with Crippen molar-refractivity contribution in [2.75, 3.05) is 33.3 Å². The summed E-state index contributed by atoms with van der Waals surface area (Å²) in [6, 6.07) is 3.99. The van der Waals surface area contributed by atoms with Crippen LogP contribution in [-0.2, 0) is 6.18 Å². The van der Waals surface area contributed by atoms with Crippen molar-refractivity contribution in [1.82, 2.24) is 10.2 Å². The molecule has 0 bridgehead atoms. The minimum absolute atomic E-state index is 0. The molecule has 0 amide bonds. The second kappa shape index (κ2) is 7.93. The number of halogens is 4. The lowest BCUT2D eigenvalue weighted by Gasteiger charge is -2.43. The van der Waals surface area contributed by atoms with Gasteiger partial charge in [-0.1, -0.05) is 26.8 Å². The third kappa shape index (κ3) is 4.77. The molecule has 24 heavy (non-hydrogen) atoms. The van der Waals surface area contributed by atoms with Crippen LogP contribution in [0.5, 0.6) is 5.75 Å². The topological polar surface area (TPSA) is 24.5 Å². The molecule has 138 valence electrons. The van der Waals surface area contributed by atoms with Gasteiger partial charge in [-0.15, -0.1) is 12.4 Å². The summed E-state index contributed by atoms with van der Waals surface area (Å²) in [5.74, 6) is 0.231. The van der Waals surface area contributed by atoms with Crippen LogP contribution in [0.2, 0.25) is 0 Å². The fraction of sp³-hybridized carbons (Fsp3) is 0.647. The highest BCUT2D eigenvalue weighted by molar-refractivity contribution is 5.85. The highest BCUT2D eigenvalue weighted by atomic mass is 35.5. The Hall–Kier alpha value is -0.980. The van der Waals surface area contributed by atoms with E-state index >= 15 is 0 Å². The minimum atomic E-state index is -4.40. The molecule has 1 heterocycles. The molecule has 1 fully saturated rings. The second-order valence-electron chi connectivity index (χ2n) is 7.01. The molecular formula is C17H26ClF3N2O. The number of methoxy groups -OCH3 is 1. The van der Waals surface area contributed by atoms with E-state index in [1.807, 2.05) is 20.8 Å². The van der Waals surface area contributed by atoms with E-state index in [2.05, 4.69) is 10.2 Å². The normalized spacial score (nSPS) is 18.0. The molecule has 1 atom stereocenters. The largest absolute Gasteiger partial charge is 0.497 e. The lowest BCUT2D eigenvalue weighted by atomic mass is 9.79. The van der Waals surface area contributed by atoms with Crippen LogP contribution in [0.1, 0.15) is 37.9 Å². The van der Waals surface area contributed by atoms with E-state index in [4.69, 9.17) is 4.74 Å². The maximum Gasteiger partial charge on any atom is 0.416 e. The van der Waals surface area contributed by atoms with Crippen molar-refractivity contribution in [3.05, 3.63) is 29.3 Å². The summed E-state index contributed by atoms with van der Waals surface area (Å²) < 4.78 is 45.8. The number of hydrogen-bond donors (Lipinski definition) is 1. The van der Waals surface area contributed by atoms with E-state index in [1.165, 1.54) is 7.11 Å². The Labute approximate surface area is 148 Å². The first-order valence-corrected chi connectivity index (χ1v) is 7.84. The van der Waals surface area contributed by atoms with Crippen LogP contribution in [0, 0.1) is 5.41 Å². The van der Waals surface area contributed by atoms with Gasteiger partial charge < -0.3 is 10.1 Å². The Morgan fingerprint density at radius 2 is 1.71 bits per heavy atom. The lowest BCUT2D eigenvalue weighted by Crippen LogP contribution is -2.48. The highest BCUT2D eigenvalue weighted by Gasteiger charge is 2.41. The predicted octanol–water partition coefficient (Wildman–Crippen LogP) is 4.13. The van der Waals surface area contributed by atoms with E-state index in [-0.39, 0.29) is 29.6 Å². The first-order chi connectivity index (χ1) is 10.6. The number of alkyl halides is 3. The van der Waals surface area contributed by atoms with Gasteiger partial charge in [-0.2, -0.15) is 13.2 Å². The number of piperazine rings is 1. The van der Waals surface area contributed by atoms with Crippen LogP contribution in [0.3, 0.4) is 0 Å². The highest BCUT2D eigenvalue weighted by Crippen LogP contribution is 2.44. The van der Waals surface area contributed by atoms with Gasteiger partial charge in [0.25, 0.3) is 0 Å². The van der Waals surface area contributed by atoms with Crippen LogP contribution >= 0.6 is 12.4 Å². The van der Waals surface area contributed by atoms with Crippen molar-refractivity contribution < 1.29 is 17.9 Å². The molecule has 0 unspecified atom stereocenters. The second-order valence-corrected chi connectivity index (χ2v) is 7.01. The van der Waals surface area contributed by atoms with Crippen molar-refractivity contribution in [1.29, 1.82) is 0 Å². The first-order valence-electron chi connectivity index (χ1n) is 7.84. The Morgan fingerprint density at radius 3 is 2.17 bits per heavy atom. The van der Waals surface area contributed by atoms with Gasteiger partial charge in [-0.05, 0) is 23.1 Å². The van der Waals surface area contributed by atoms with Crippen LogP contribution in [0.25, 0.3) is 0 Å². The third-order valence-electron chi connectivity index (χ3n) is 4.20. The Balaban J connectivity index is 0.00000288. The quantitative estimate of drug-likeness (QED) is 0.870. The molecule has 1 aromatic carbocycles. The average molecular weight is 367 g/mol. The molecule has 1 saturated heterocycles. The zero-order chi connectivity index (χ0) is 17.3. The van der Waals surface area contributed by atoms with Crippen molar-refractivity contribution in [3.8, 4) is 5.75 Å². The molecule has 1 aliphatic heterocycles. The predicted molar refractivity (Wildman–Crippen MR) is 91.9 cm³/mol. The van der Waals surface area contributed by atoms with Crippen molar-refractivity contribution in [3.63, 3.8) is 0 Å². The summed E-state index contributed by atoms with van der Waals surface area (Å²) in [6.45, 7) is 9.04. The molecule has 0 spiro atoms. The van der Waals surface area contributed by atoms with Gasteiger partial charge in [0.05, 0.1) is 12.7 Å². The number of nitrogens with one attached hydrogen (secondary N) is 1. The SMILES string of the molecule is COc1ccc([C@@H](N2CCNCC2)C(C)(C)C)c(C(F)(F)F)c1.Cl. The fourth-order valence-corrected chi connectivity index (χ4v) is 3.30. The molecule has 0 saturated carbocycles. The summed E-state index contributed by atoms with van der Waals surface area (Å²) in [5.41, 5.74) is -0.589. The van der Waals surface area contributed by atoms with Gasteiger partial charge in [0.1, 0.15) is 5.75 Å². The fourth-order valence-electron chi connectivity index (χ4n) is 3.30. The number of hydrogen-bond acceptors (Lipinski definition) is 3. The molecule has 2 rings (SSSR count). The first kappa shape index (κ1) is 21.1. The van der Waals surface area contributed by atoms with Gasteiger partial charge >= 0.3 is 6.18 Å². The lowest BCUT2D eigenvalue weighted by molar-refractivity contribution is -0.139. The van der Waals surface area contributed by atoms with Crippen LogP contribution in [0.4, 0.5) is 13.2 Å².